The van der Waals surface area contributed by atoms with Gasteiger partial charge in [-0.15, -0.1) is 0 Å². The topological polar surface area (TPSA) is 101 Å². The van der Waals surface area contributed by atoms with Gasteiger partial charge in [0.15, 0.2) is 0 Å². The Bertz CT molecular complexity index is 315. The monoisotopic (exact) mass is 258 g/mol. The molecule has 0 aromatic heterocycles. The Kier molecular flexibility index (Phi) is 17.0. The zero-order chi connectivity index (χ0) is 15.1. The van der Waals surface area contributed by atoms with E-state index < -0.39 is 11.9 Å². The molecule has 0 aliphatic carbocycles. The number of aliphatic carboxylic acids is 2. The highest BCUT2D eigenvalue weighted by molar-refractivity contribution is 5.84. The van der Waals surface area contributed by atoms with Gasteiger partial charge in [-0.3, -0.25) is 4.79 Å². The molecule has 102 valence electrons. The first-order chi connectivity index (χ1) is 8.18. The first-order valence-electron chi connectivity index (χ1n) is 4.71. The van der Waals surface area contributed by atoms with Gasteiger partial charge < -0.3 is 14.9 Å². The van der Waals surface area contributed by atoms with Crippen LogP contribution in [0.3, 0.4) is 0 Å². The smallest absolute Gasteiger partial charge is 0.330 e. The lowest BCUT2D eigenvalue weighted by Gasteiger charge is -1.83. The molecule has 0 atom stereocenters. The molecule has 6 heteroatoms. The average Bonchev–Trinajstić information content (AvgIpc) is 2.18. The normalized spacial score (nSPS) is 7.94. The molecule has 0 saturated carbocycles. The molecule has 0 aliphatic heterocycles. The number of rotatable bonds is 3. The SMILES string of the molecule is C/C=C/C(=O)O.C=C(C)C(=O)O.C=COC(C)=O. The van der Waals surface area contributed by atoms with Crippen LogP contribution in [0.15, 0.2) is 37.1 Å². The maximum atomic E-state index is 9.75. The van der Waals surface area contributed by atoms with Gasteiger partial charge in [-0.25, -0.2) is 9.59 Å². The molecule has 0 amide bonds. The summed E-state index contributed by atoms with van der Waals surface area (Å²) >= 11 is 0. The summed E-state index contributed by atoms with van der Waals surface area (Å²) < 4.78 is 4.17. The standard InChI is InChI=1S/3C4H6O2/c1-3-6-4(2)5;1-3(2)4(5)6;1-2-3-4(5)6/h3H,1H2,2H3;1H2,2H3,(H,5,6);2-3H,1H3,(H,5,6)/b;;3-2+. The minimum absolute atomic E-state index is 0.176. The highest BCUT2D eigenvalue weighted by atomic mass is 16.5. The van der Waals surface area contributed by atoms with Crippen molar-refractivity contribution in [1.82, 2.24) is 0 Å². The average molecular weight is 258 g/mol. The largest absolute Gasteiger partial charge is 0.478 e. The zero-order valence-electron chi connectivity index (χ0n) is 10.7. The summed E-state index contributed by atoms with van der Waals surface area (Å²) in [6.07, 6.45) is 3.66. The zero-order valence-corrected chi connectivity index (χ0v) is 10.7. The van der Waals surface area contributed by atoms with Gasteiger partial charge in [-0.1, -0.05) is 19.2 Å². The number of carbonyl (C=O) groups excluding carboxylic acids is 1. The summed E-state index contributed by atoms with van der Waals surface area (Å²) in [5.74, 6) is -2.16. The van der Waals surface area contributed by atoms with Gasteiger partial charge in [0, 0.05) is 18.6 Å². The molecular weight excluding hydrogens is 240 g/mol. The van der Waals surface area contributed by atoms with Gasteiger partial charge in [-0.05, 0) is 13.8 Å². The number of ether oxygens (including phenoxy) is 1. The van der Waals surface area contributed by atoms with Crippen molar-refractivity contribution in [2.45, 2.75) is 20.8 Å². The molecule has 0 aromatic rings. The molecule has 0 fully saturated rings. The Morgan fingerprint density at radius 2 is 1.56 bits per heavy atom. The van der Waals surface area contributed by atoms with Crippen LogP contribution in [0.25, 0.3) is 0 Å². The van der Waals surface area contributed by atoms with Gasteiger partial charge in [0.1, 0.15) is 0 Å². The molecule has 18 heavy (non-hydrogen) atoms. The Morgan fingerprint density at radius 1 is 1.17 bits per heavy atom. The number of carbonyl (C=O) groups is 3. The lowest BCUT2D eigenvalue weighted by molar-refractivity contribution is -0.135. The van der Waals surface area contributed by atoms with E-state index in [2.05, 4.69) is 17.9 Å². The lowest BCUT2D eigenvalue weighted by Crippen LogP contribution is -1.92. The van der Waals surface area contributed by atoms with Gasteiger partial charge in [0.25, 0.3) is 0 Å². The highest BCUT2D eigenvalue weighted by Crippen LogP contribution is 1.81. The van der Waals surface area contributed by atoms with Gasteiger partial charge in [-0.2, -0.15) is 0 Å². The third kappa shape index (κ3) is 37.3. The van der Waals surface area contributed by atoms with E-state index in [9.17, 15) is 14.4 Å². The van der Waals surface area contributed by atoms with Crippen LogP contribution in [-0.4, -0.2) is 28.1 Å². The first kappa shape index (κ1) is 21.0. The lowest BCUT2D eigenvalue weighted by atomic mass is 10.4. The fourth-order valence-corrected chi connectivity index (χ4v) is 0.260. The molecule has 0 unspecified atom stereocenters. The van der Waals surface area contributed by atoms with E-state index in [1.165, 1.54) is 19.9 Å². The van der Waals surface area contributed by atoms with Crippen molar-refractivity contribution in [1.29, 1.82) is 0 Å². The molecule has 0 rings (SSSR count). The predicted molar refractivity (Wildman–Crippen MR) is 66.9 cm³/mol. The third-order valence-corrected chi connectivity index (χ3v) is 0.924. The van der Waals surface area contributed by atoms with Crippen LogP contribution in [0.4, 0.5) is 0 Å². The van der Waals surface area contributed by atoms with Gasteiger partial charge in [0.2, 0.25) is 0 Å². The number of allylic oxidation sites excluding steroid dienone is 1. The molecule has 0 aromatic carbocycles. The van der Waals surface area contributed by atoms with E-state index in [0.717, 1.165) is 12.3 Å². The predicted octanol–water partition coefficient (Wildman–Crippen LogP) is 1.99. The van der Waals surface area contributed by atoms with E-state index in [-0.39, 0.29) is 11.5 Å². The molecule has 0 spiro atoms. The minimum Gasteiger partial charge on any atom is -0.478 e. The van der Waals surface area contributed by atoms with Crippen LogP contribution < -0.4 is 0 Å². The van der Waals surface area contributed by atoms with E-state index >= 15 is 0 Å². The van der Waals surface area contributed by atoms with Crippen LogP contribution >= 0.6 is 0 Å². The molecule has 2 N–H and O–H groups in total. The number of carboxylic acid groups (broad SMARTS) is 2. The van der Waals surface area contributed by atoms with Gasteiger partial charge >= 0.3 is 17.9 Å². The molecule has 0 saturated heterocycles. The van der Waals surface area contributed by atoms with Crippen LogP contribution in [0.2, 0.25) is 0 Å². The second-order valence-electron chi connectivity index (χ2n) is 2.70. The van der Waals surface area contributed by atoms with Crippen molar-refractivity contribution < 1.29 is 29.3 Å². The first-order valence-corrected chi connectivity index (χ1v) is 4.71. The summed E-state index contributed by atoms with van der Waals surface area (Å²) in [5, 5.41) is 15.7. The molecule has 0 radical (unpaired) electrons. The summed E-state index contributed by atoms with van der Waals surface area (Å²) in [6, 6.07) is 0. The van der Waals surface area contributed by atoms with Crippen molar-refractivity contribution in [2.24, 2.45) is 0 Å². The maximum Gasteiger partial charge on any atom is 0.330 e. The van der Waals surface area contributed by atoms with Crippen molar-refractivity contribution in [3.05, 3.63) is 37.1 Å². The number of carboxylic acids is 2. The molecular formula is C12H18O6. The summed E-state index contributed by atoms with van der Waals surface area (Å²) in [7, 11) is 0. The number of hydrogen-bond acceptors (Lipinski definition) is 4. The minimum atomic E-state index is -0.935. The Hall–Kier alpha value is -2.37. The maximum absolute atomic E-state index is 9.75. The highest BCUT2D eigenvalue weighted by Gasteiger charge is 1.90. The fraction of sp³-hybridized carbons (Fsp3) is 0.250. The molecule has 0 bridgehead atoms. The van der Waals surface area contributed by atoms with E-state index in [0.29, 0.717) is 0 Å². The molecule has 6 nitrogen and oxygen atoms in total. The molecule has 0 heterocycles. The number of hydrogen-bond donors (Lipinski definition) is 2. The number of esters is 1. The summed E-state index contributed by atoms with van der Waals surface area (Å²) in [5.41, 5.74) is 0.176. The summed E-state index contributed by atoms with van der Waals surface area (Å²) in [6.45, 7) is 10.7. The van der Waals surface area contributed by atoms with Crippen molar-refractivity contribution in [3.63, 3.8) is 0 Å². The molecule has 0 aliphatic rings. The van der Waals surface area contributed by atoms with Crippen LogP contribution in [0, 0.1) is 0 Å². The third-order valence-electron chi connectivity index (χ3n) is 0.924. The van der Waals surface area contributed by atoms with Crippen molar-refractivity contribution in [3.8, 4) is 0 Å². The van der Waals surface area contributed by atoms with Crippen molar-refractivity contribution in [2.75, 3.05) is 0 Å². The van der Waals surface area contributed by atoms with Gasteiger partial charge in [0.05, 0.1) is 6.26 Å². The van der Waals surface area contributed by atoms with Crippen molar-refractivity contribution >= 4 is 17.9 Å². The fourth-order valence-electron chi connectivity index (χ4n) is 0.260. The second kappa shape index (κ2) is 14.6. The Labute approximate surface area is 106 Å². The Morgan fingerprint density at radius 3 is 1.56 bits per heavy atom. The van der Waals surface area contributed by atoms with Crippen LogP contribution in [0.1, 0.15) is 20.8 Å². The van der Waals surface area contributed by atoms with Crippen LogP contribution in [0.5, 0.6) is 0 Å². The quantitative estimate of drug-likeness (QED) is 0.456. The Balaban J connectivity index is -0.000000187. The van der Waals surface area contributed by atoms with E-state index in [1.54, 1.807) is 6.92 Å². The summed E-state index contributed by atoms with van der Waals surface area (Å²) in [4.78, 5) is 28.9. The van der Waals surface area contributed by atoms with E-state index in [4.69, 9.17) is 10.2 Å². The second-order valence-corrected chi connectivity index (χ2v) is 2.70. The van der Waals surface area contributed by atoms with Crippen LogP contribution in [-0.2, 0) is 19.1 Å². The van der Waals surface area contributed by atoms with E-state index in [1.807, 2.05) is 0 Å².